The number of amides is 2. The molecule has 3 rings (SSSR count). The monoisotopic (exact) mass is 446 g/mol. The van der Waals surface area contributed by atoms with Gasteiger partial charge in [0, 0.05) is 23.9 Å². The molecule has 0 aromatic heterocycles. The highest BCUT2D eigenvalue weighted by Crippen LogP contribution is 2.18. The van der Waals surface area contributed by atoms with E-state index in [0.717, 1.165) is 12.8 Å². The summed E-state index contributed by atoms with van der Waals surface area (Å²) >= 11 is 0. The number of hydrogen-bond donors (Lipinski definition) is 2. The Kier molecular flexibility index (Phi) is 8.18. The van der Waals surface area contributed by atoms with Crippen molar-refractivity contribution < 1.29 is 23.9 Å². The number of rotatable bonds is 9. The fourth-order valence-corrected chi connectivity index (χ4v) is 3.09. The van der Waals surface area contributed by atoms with Crippen molar-refractivity contribution in [2.45, 2.75) is 26.7 Å². The van der Waals surface area contributed by atoms with Crippen LogP contribution in [0.5, 0.6) is 11.5 Å². The average Bonchev–Trinajstić information content (AvgIpc) is 2.80. The van der Waals surface area contributed by atoms with Gasteiger partial charge >= 0.3 is 5.97 Å². The highest BCUT2D eigenvalue weighted by molar-refractivity contribution is 6.04. The molecule has 0 aliphatic carbocycles. The topological polar surface area (TPSA) is 93.7 Å². The van der Waals surface area contributed by atoms with E-state index in [2.05, 4.69) is 17.6 Å². The summed E-state index contributed by atoms with van der Waals surface area (Å²) in [4.78, 5) is 35.7. The Hall–Kier alpha value is -4.13. The summed E-state index contributed by atoms with van der Waals surface area (Å²) in [6, 6.07) is 20.8. The summed E-state index contributed by atoms with van der Waals surface area (Å²) in [7, 11) is 0. The Bertz CT molecular complexity index is 1110. The number of carbonyl (C=O) groups excluding carboxylic acids is 3. The van der Waals surface area contributed by atoms with Crippen molar-refractivity contribution in [2.24, 2.45) is 0 Å². The van der Waals surface area contributed by atoms with E-state index in [1.165, 1.54) is 18.6 Å². The molecule has 0 unspecified atom stereocenters. The Morgan fingerprint density at radius 1 is 0.818 bits per heavy atom. The molecule has 0 heterocycles. The van der Waals surface area contributed by atoms with E-state index in [-0.39, 0.29) is 18.4 Å². The summed E-state index contributed by atoms with van der Waals surface area (Å²) in [6.07, 6.45) is 2.09. The molecule has 3 aromatic rings. The average molecular weight is 447 g/mol. The number of ether oxygens (including phenoxy) is 2. The molecule has 0 aliphatic rings. The maximum absolute atomic E-state index is 12.5. The SMILES string of the molecule is CCCc1ccc(OCC(=O)Nc2ccc(NC(=O)c3cccc(OC(C)=O)c3)cc2)cc1. The van der Waals surface area contributed by atoms with Gasteiger partial charge in [0.05, 0.1) is 0 Å². The molecule has 0 fully saturated rings. The molecule has 0 saturated carbocycles. The summed E-state index contributed by atoms with van der Waals surface area (Å²) < 4.78 is 10.5. The van der Waals surface area contributed by atoms with Crippen LogP contribution in [-0.2, 0) is 16.0 Å². The van der Waals surface area contributed by atoms with Gasteiger partial charge in [-0.3, -0.25) is 14.4 Å². The van der Waals surface area contributed by atoms with Crippen LogP contribution in [0.1, 0.15) is 36.2 Å². The predicted octanol–water partition coefficient (Wildman–Crippen LogP) is 4.83. The van der Waals surface area contributed by atoms with Crippen molar-refractivity contribution >= 4 is 29.2 Å². The number of hydrogen-bond acceptors (Lipinski definition) is 5. The van der Waals surface area contributed by atoms with Crippen molar-refractivity contribution in [1.29, 1.82) is 0 Å². The molecule has 170 valence electrons. The van der Waals surface area contributed by atoms with Gasteiger partial charge in [0.25, 0.3) is 11.8 Å². The zero-order chi connectivity index (χ0) is 23.6. The first-order valence-electron chi connectivity index (χ1n) is 10.6. The number of benzene rings is 3. The lowest BCUT2D eigenvalue weighted by atomic mass is 10.1. The lowest BCUT2D eigenvalue weighted by Crippen LogP contribution is -2.20. The summed E-state index contributed by atoms with van der Waals surface area (Å²) in [5.74, 6) is -0.153. The first-order chi connectivity index (χ1) is 15.9. The van der Waals surface area contributed by atoms with E-state index in [9.17, 15) is 14.4 Å². The number of esters is 1. The summed E-state index contributed by atoms with van der Waals surface area (Å²) in [5.41, 5.74) is 2.72. The molecular weight excluding hydrogens is 420 g/mol. The number of carbonyl (C=O) groups is 3. The third-order valence-corrected chi connectivity index (χ3v) is 4.62. The standard InChI is InChI=1S/C26H26N2O5/c1-3-5-19-8-14-23(15-9-19)32-17-25(30)27-21-10-12-22(13-11-21)28-26(31)20-6-4-7-24(16-20)33-18(2)29/h4,6-16H,3,5,17H2,1-2H3,(H,27,30)(H,28,31). The van der Waals surface area contributed by atoms with E-state index < -0.39 is 5.97 Å². The predicted molar refractivity (Wildman–Crippen MR) is 127 cm³/mol. The van der Waals surface area contributed by atoms with E-state index in [0.29, 0.717) is 28.4 Å². The van der Waals surface area contributed by atoms with Crippen LogP contribution in [-0.4, -0.2) is 24.4 Å². The minimum Gasteiger partial charge on any atom is -0.484 e. The summed E-state index contributed by atoms with van der Waals surface area (Å²) in [5, 5.41) is 5.52. The zero-order valence-corrected chi connectivity index (χ0v) is 18.6. The second-order valence-corrected chi connectivity index (χ2v) is 7.38. The fraction of sp³-hybridized carbons (Fsp3) is 0.192. The Morgan fingerprint density at radius 3 is 2.12 bits per heavy atom. The Labute approximate surface area is 192 Å². The molecule has 7 nitrogen and oxygen atoms in total. The third-order valence-electron chi connectivity index (χ3n) is 4.62. The van der Waals surface area contributed by atoms with Gasteiger partial charge in [-0.25, -0.2) is 0 Å². The normalized spacial score (nSPS) is 10.2. The third kappa shape index (κ3) is 7.50. The first-order valence-corrected chi connectivity index (χ1v) is 10.6. The second kappa shape index (κ2) is 11.5. The van der Waals surface area contributed by atoms with Gasteiger partial charge in [-0.2, -0.15) is 0 Å². The highest BCUT2D eigenvalue weighted by atomic mass is 16.5. The molecule has 0 spiro atoms. The Balaban J connectivity index is 1.49. The van der Waals surface area contributed by atoms with Crippen LogP contribution >= 0.6 is 0 Å². The van der Waals surface area contributed by atoms with Gasteiger partial charge < -0.3 is 20.1 Å². The number of nitrogens with one attached hydrogen (secondary N) is 2. The molecule has 33 heavy (non-hydrogen) atoms. The van der Waals surface area contributed by atoms with Crippen LogP contribution in [0.4, 0.5) is 11.4 Å². The molecule has 3 aromatic carbocycles. The van der Waals surface area contributed by atoms with E-state index >= 15 is 0 Å². The van der Waals surface area contributed by atoms with E-state index in [1.54, 1.807) is 42.5 Å². The minimum atomic E-state index is -0.458. The molecule has 0 atom stereocenters. The Morgan fingerprint density at radius 2 is 1.48 bits per heavy atom. The molecule has 0 bridgehead atoms. The van der Waals surface area contributed by atoms with E-state index in [4.69, 9.17) is 9.47 Å². The molecule has 2 N–H and O–H groups in total. The van der Waals surface area contributed by atoms with Crippen molar-refractivity contribution in [2.75, 3.05) is 17.2 Å². The van der Waals surface area contributed by atoms with Crippen molar-refractivity contribution in [3.63, 3.8) is 0 Å². The van der Waals surface area contributed by atoms with Crippen molar-refractivity contribution in [1.82, 2.24) is 0 Å². The molecule has 0 aliphatic heterocycles. The molecule has 0 saturated heterocycles. The smallest absolute Gasteiger partial charge is 0.308 e. The minimum absolute atomic E-state index is 0.107. The molecular formula is C26H26N2O5. The maximum atomic E-state index is 12.5. The zero-order valence-electron chi connectivity index (χ0n) is 18.6. The molecule has 7 heteroatoms. The van der Waals surface area contributed by atoms with Crippen LogP contribution in [0, 0.1) is 0 Å². The lowest BCUT2D eigenvalue weighted by molar-refractivity contribution is -0.131. The van der Waals surface area contributed by atoms with Gasteiger partial charge in [-0.05, 0) is 66.6 Å². The van der Waals surface area contributed by atoms with Crippen molar-refractivity contribution in [3.8, 4) is 11.5 Å². The van der Waals surface area contributed by atoms with Gasteiger partial charge in [-0.1, -0.05) is 31.5 Å². The van der Waals surface area contributed by atoms with Crippen LogP contribution in [0.2, 0.25) is 0 Å². The quantitative estimate of drug-likeness (QED) is 0.363. The van der Waals surface area contributed by atoms with Gasteiger partial charge in [-0.15, -0.1) is 0 Å². The number of anilines is 2. The van der Waals surface area contributed by atoms with Gasteiger partial charge in [0.1, 0.15) is 11.5 Å². The van der Waals surface area contributed by atoms with Gasteiger partial charge in [0.15, 0.2) is 6.61 Å². The lowest BCUT2D eigenvalue weighted by Gasteiger charge is -2.10. The van der Waals surface area contributed by atoms with Crippen LogP contribution in [0.15, 0.2) is 72.8 Å². The van der Waals surface area contributed by atoms with Crippen LogP contribution in [0.25, 0.3) is 0 Å². The van der Waals surface area contributed by atoms with Crippen LogP contribution < -0.4 is 20.1 Å². The van der Waals surface area contributed by atoms with Gasteiger partial charge in [0.2, 0.25) is 0 Å². The first kappa shape index (κ1) is 23.5. The van der Waals surface area contributed by atoms with Crippen molar-refractivity contribution in [3.05, 3.63) is 83.9 Å². The largest absolute Gasteiger partial charge is 0.484 e. The number of aryl methyl sites for hydroxylation is 1. The van der Waals surface area contributed by atoms with E-state index in [1.807, 2.05) is 24.3 Å². The second-order valence-electron chi connectivity index (χ2n) is 7.38. The molecule has 2 amide bonds. The summed E-state index contributed by atoms with van der Waals surface area (Å²) in [6.45, 7) is 3.31. The van der Waals surface area contributed by atoms with Crippen LogP contribution in [0.3, 0.4) is 0 Å². The molecule has 0 radical (unpaired) electrons. The maximum Gasteiger partial charge on any atom is 0.308 e. The fourth-order valence-electron chi connectivity index (χ4n) is 3.09. The highest BCUT2D eigenvalue weighted by Gasteiger charge is 2.09.